The van der Waals surface area contributed by atoms with Gasteiger partial charge in [0.15, 0.2) is 0 Å². The average Bonchev–Trinajstić information content (AvgIpc) is 2.49. The molecule has 1 aromatic rings. The van der Waals surface area contributed by atoms with Gasteiger partial charge in [0.25, 0.3) is 0 Å². The van der Waals surface area contributed by atoms with E-state index >= 15 is 0 Å². The van der Waals surface area contributed by atoms with Gasteiger partial charge >= 0.3 is 0 Å². The molecule has 2 aliphatic rings. The van der Waals surface area contributed by atoms with Crippen molar-refractivity contribution in [3.05, 3.63) is 35.9 Å². The van der Waals surface area contributed by atoms with Crippen LogP contribution in [0.1, 0.15) is 38.5 Å². The Morgan fingerprint density at radius 3 is 2.95 bits per heavy atom. The third-order valence-corrected chi connectivity index (χ3v) is 5.45. The number of para-hydroxylation sites is 1. The van der Waals surface area contributed by atoms with E-state index in [0.29, 0.717) is 0 Å². The zero-order valence-corrected chi connectivity index (χ0v) is 13.2. The summed E-state index contributed by atoms with van der Waals surface area (Å²) >= 11 is 1.87. The van der Waals surface area contributed by atoms with Gasteiger partial charge in [0.2, 0.25) is 0 Å². The Balaban J connectivity index is 1.74. The van der Waals surface area contributed by atoms with Gasteiger partial charge in [-0.15, -0.1) is 11.8 Å². The maximum atomic E-state index is 6.21. The molecule has 0 amide bonds. The molecule has 3 rings (SSSR count). The third-order valence-electron chi connectivity index (χ3n) is 4.31. The molecule has 3 nitrogen and oxygen atoms in total. The number of hydrazine groups is 1. The van der Waals surface area contributed by atoms with Gasteiger partial charge in [-0.25, -0.2) is 5.43 Å². The van der Waals surface area contributed by atoms with Gasteiger partial charge in [0.05, 0.1) is 6.04 Å². The summed E-state index contributed by atoms with van der Waals surface area (Å²) in [5.41, 5.74) is 4.45. The van der Waals surface area contributed by atoms with E-state index < -0.39 is 0 Å². The summed E-state index contributed by atoms with van der Waals surface area (Å²) in [4.78, 5) is 1.23. The fourth-order valence-corrected chi connectivity index (χ4v) is 4.19. The van der Waals surface area contributed by atoms with E-state index in [-0.39, 0.29) is 12.1 Å². The predicted molar refractivity (Wildman–Crippen MR) is 88.5 cm³/mol. The lowest BCUT2D eigenvalue weighted by Crippen LogP contribution is -2.50. The van der Waals surface area contributed by atoms with Crippen molar-refractivity contribution in [2.45, 2.75) is 55.6 Å². The fourth-order valence-electron chi connectivity index (χ4n) is 3.15. The summed E-state index contributed by atoms with van der Waals surface area (Å²) in [7, 11) is 0. The Labute approximate surface area is 131 Å². The smallest absolute Gasteiger partial charge is 0.133 e. The average molecular weight is 304 g/mol. The Kier molecular flexibility index (Phi) is 5.22. The molecule has 4 heteroatoms. The van der Waals surface area contributed by atoms with Crippen molar-refractivity contribution >= 4 is 11.8 Å². The number of nitrogens with two attached hydrogens (primary N) is 1. The first-order chi connectivity index (χ1) is 10.4. The number of hydrogen-bond donors (Lipinski definition) is 2. The van der Waals surface area contributed by atoms with Crippen LogP contribution in [-0.2, 0) is 0 Å². The molecule has 0 bridgehead atoms. The van der Waals surface area contributed by atoms with Crippen LogP contribution in [-0.4, -0.2) is 17.9 Å². The van der Waals surface area contributed by atoms with Crippen LogP contribution in [0, 0.1) is 0 Å². The highest BCUT2D eigenvalue weighted by molar-refractivity contribution is 7.99. The minimum Gasteiger partial charge on any atom is -0.486 e. The summed E-state index contributed by atoms with van der Waals surface area (Å²) < 4.78 is 6.21. The first kappa shape index (κ1) is 14.9. The molecule has 114 valence electrons. The van der Waals surface area contributed by atoms with Crippen LogP contribution in [0.5, 0.6) is 5.75 Å². The zero-order chi connectivity index (χ0) is 14.5. The van der Waals surface area contributed by atoms with Crippen molar-refractivity contribution in [1.82, 2.24) is 5.43 Å². The van der Waals surface area contributed by atoms with Crippen molar-refractivity contribution in [2.24, 2.45) is 5.84 Å². The summed E-state index contributed by atoms with van der Waals surface area (Å²) in [5.74, 6) is 7.80. The molecule has 0 spiro atoms. The van der Waals surface area contributed by atoms with E-state index in [1.807, 2.05) is 17.8 Å². The van der Waals surface area contributed by atoms with Gasteiger partial charge in [-0.2, -0.15) is 0 Å². The summed E-state index contributed by atoms with van der Waals surface area (Å²) in [6, 6.07) is 8.39. The van der Waals surface area contributed by atoms with Gasteiger partial charge in [-0.05, 0) is 37.8 Å². The number of allylic oxidation sites excluding steroid dienone is 1. The van der Waals surface area contributed by atoms with Crippen molar-refractivity contribution in [2.75, 3.05) is 5.75 Å². The second-order valence-electron chi connectivity index (χ2n) is 5.79. The SMILES string of the molecule is NNC(/C1=C/CCCCCC1)C1CSc2ccccc2O1. The van der Waals surface area contributed by atoms with Gasteiger partial charge in [0.1, 0.15) is 11.9 Å². The first-order valence-corrected chi connectivity index (χ1v) is 8.90. The number of ether oxygens (including phenoxy) is 1. The normalized spacial score (nSPS) is 26.5. The molecule has 21 heavy (non-hydrogen) atoms. The largest absolute Gasteiger partial charge is 0.486 e. The molecule has 1 heterocycles. The highest BCUT2D eigenvalue weighted by Crippen LogP contribution is 2.37. The number of fused-ring (bicyclic) bond motifs is 1. The highest BCUT2D eigenvalue weighted by atomic mass is 32.2. The number of thioether (sulfide) groups is 1. The molecule has 0 fully saturated rings. The second-order valence-corrected chi connectivity index (χ2v) is 6.85. The number of nitrogens with one attached hydrogen (secondary N) is 1. The quantitative estimate of drug-likeness (QED) is 0.508. The monoisotopic (exact) mass is 304 g/mol. The molecule has 2 atom stereocenters. The van der Waals surface area contributed by atoms with E-state index in [9.17, 15) is 0 Å². The molecular formula is C17H24N2OS. The lowest BCUT2D eigenvalue weighted by molar-refractivity contribution is 0.178. The lowest BCUT2D eigenvalue weighted by Gasteiger charge is -2.33. The van der Waals surface area contributed by atoms with Crippen LogP contribution in [0.2, 0.25) is 0 Å². The molecule has 0 aromatic heterocycles. The topological polar surface area (TPSA) is 47.3 Å². The number of benzene rings is 1. The summed E-state index contributed by atoms with van der Waals surface area (Å²) in [5, 5.41) is 0. The molecule has 0 saturated heterocycles. The highest BCUT2D eigenvalue weighted by Gasteiger charge is 2.29. The van der Waals surface area contributed by atoms with Crippen molar-refractivity contribution in [1.29, 1.82) is 0 Å². The minimum atomic E-state index is 0.112. The van der Waals surface area contributed by atoms with E-state index in [0.717, 1.165) is 17.9 Å². The van der Waals surface area contributed by atoms with Crippen LogP contribution in [0.25, 0.3) is 0 Å². The van der Waals surface area contributed by atoms with Crippen LogP contribution in [0.4, 0.5) is 0 Å². The Morgan fingerprint density at radius 2 is 2.05 bits per heavy atom. The number of rotatable bonds is 3. The number of hydrogen-bond acceptors (Lipinski definition) is 4. The Morgan fingerprint density at radius 1 is 1.19 bits per heavy atom. The molecule has 1 aliphatic carbocycles. The van der Waals surface area contributed by atoms with Gasteiger partial charge < -0.3 is 4.74 Å². The lowest BCUT2D eigenvalue weighted by atomic mass is 9.92. The van der Waals surface area contributed by atoms with Crippen LogP contribution in [0.3, 0.4) is 0 Å². The fraction of sp³-hybridized carbons (Fsp3) is 0.529. The van der Waals surface area contributed by atoms with Crippen molar-refractivity contribution in [3.63, 3.8) is 0 Å². The maximum absolute atomic E-state index is 6.21. The van der Waals surface area contributed by atoms with Crippen LogP contribution >= 0.6 is 11.8 Å². The molecule has 3 N–H and O–H groups in total. The van der Waals surface area contributed by atoms with Gasteiger partial charge in [-0.3, -0.25) is 5.84 Å². The minimum absolute atomic E-state index is 0.112. The van der Waals surface area contributed by atoms with E-state index in [1.165, 1.54) is 42.6 Å². The molecule has 1 aliphatic heterocycles. The molecule has 1 aromatic carbocycles. The van der Waals surface area contributed by atoms with E-state index in [4.69, 9.17) is 10.6 Å². The summed E-state index contributed by atoms with van der Waals surface area (Å²) in [6.45, 7) is 0. The molecule has 0 radical (unpaired) electrons. The van der Waals surface area contributed by atoms with Crippen LogP contribution < -0.4 is 16.0 Å². The Bertz CT molecular complexity index is 503. The van der Waals surface area contributed by atoms with E-state index in [2.05, 4.69) is 29.7 Å². The van der Waals surface area contributed by atoms with Crippen LogP contribution in [0.15, 0.2) is 40.8 Å². The van der Waals surface area contributed by atoms with Gasteiger partial charge in [-0.1, -0.05) is 36.6 Å². The second kappa shape index (κ2) is 7.34. The standard InChI is InChI=1S/C17H24N2OS/c18-19-17(13-8-4-2-1-3-5-9-13)15-12-21-16-11-7-6-10-14(16)20-15/h6-8,10-11,15,17,19H,1-5,9,12,18H2/b13-8+. The molecular weight excluding hydrogens is 280 g/mol. The third kappa shape index (κ3) is 3.62. The van der Waals surface area contributed by atoms with Crippen molar-refractivity contribution < 1.29 is 4.74 Å². The maximum Gasteiger partial charge on any atom is 0.133 e. The Hall–Kier alpha value is -0.970. The first-order valence-electron chi connectivity index (χ1n) is 7.92. The van der Waals surface area contributed by atoms with Gasteiger partial charge in [0, 0.05) is 10.6 Å². The predicted octanol–water partition coefficient (Wildman–Crippen LogP) is 3.65. The molecule has 0 saturated carbocycles. The molecule has 2 unspecified atom stereocenters. The zero-order valence-electron chi connectivity index (χ0n) is 12.4. The van der Waals surface area contributed by atoms with E-state index in [1.54, 1.807) is 0 Å². The van der Waals surface area contributed by atoms with Crippen molar-refractivity contribution in [3.8, 4) is 5.75 Å². The summed E-state index contributed by atoms with van der Waals surface area (Å²) in [6.07, 6.45) is 10.1.